The fraction of sp³-hybridized carbons (Fsp3) is 0.533. The van der Waals surface area contributed by atoms with Gasteiger partial charge in [-0.25, -0.2) is 0 Å². The molecule has 0 bridgehead atoms. The summed E-state index contributed by atoms with van der Waals surface area (Å²) in [6.07, 6.45) is 0.474. The highest BCUT2D eigenvalue weighted by Gasteiger charge is 2.07. The summed E-state index contributed by atoms with van der Waals surface area (Å²) in [6, 6.07) is 7.82. The van der Waals surface area contributed by atoms with Gasteiger partial charge in [0.15, 0.2) is 0 Å². The van der Waals surface area contributed by atoms with Crippen LogP contribution in [-0.4, -0.2) is 46.4 Å². The van der Waals surface area contributed by atoms with Crippen LogP contribution >= 0.6 is 0 Å². The van der Waals surface area contributed by atoms with Gasteiger partial charge in [-0.1, -0.05) is 13.0 Å². The third-order valence-corrected chi connectivity index (χ3v) is 2.95. The van der Waals surface area contributed by atoms with Gasteiger partial charge in [0, 0.05) is 45.1 Å². The predicted molar refractivity (Wildman–Crippen MR) is 81.3 cm³/mol. The summed E-state index contributed by atoms with van der Waals surface area (Å²) in [4.78, 5) is 13.6. The number of carbonyl (C=O) groups excluding carboxylic acids is 1. The molecular weight excluding hydrogens is 256 g/mol. The van der Waals surface area contributed by atoms with Crippen molar-refractivity contribution in [2.75, 3.05) is 50.7 Å². The molecule has 0 aliphatic heterocycles. The number of hydrogen-bond donors (Lipinski definition) is 1. The minimum absolute atomic E-state index is 0.0162. The molecule has 1 aromatic carbocycles. The molecule has 0 radical (unpaired) electrons. The highest BCUT2D eigenvalue weighted by molar-refractivity contribution is 5.90. The molecule has 0 unspecified atom stereocenters. The van der Waals surface area contributed by atoms with Crippen LogP contribution in [0.3, 0.4) is 0 Å². The van der Waals surface area contributed by atoms with Crippen molar-refractivity contribution in [1.29, 1.82) is 0 Å². The van der Waals surface area contributed by atoms with Gasteiger partial charge in [0.05, 0.1) is 13.2 Å². The Balaban J connectivity index is 2.77. The van der Waals surface area contributed by atoms with Gasteiger partial charge in [0.1, 0.15) is 0 Å². The molecule has 112 valence electrons. The minimum Gasteiger partial charge on any atom is -0.383 e. The summed E-state index contributed by atoms with van der Waals surface area (Å²) in [6.45, 7) is 4.70. The Labute approximate surface area is 120 Å². The molecule has 0 saturated heterocycles. The standard InChI is InChI=1S/C15H24N2O3/c1-4-15(18)16-13-6-5-7-14(12-13)17(8-10-19-2)9-11-20-3/h5-7,12H,4,8-11H2,1-3H3,(H,16,18). The van der Waals surface area contributed by atoms with Crippen molar-refractivity contribution in [2.24, 2.45) is 0 Å². The first-order chi connectivity index (χ1) is 9.71. The number of hydrogen-bond acceptors (Lipinski definition) is 4. The summed E-state index contributed by atoms with van der Waals surface area (Å²) in [5.74, 6) is 0.0162. The second-order valence-electron chi connectivity index (χ2n) is 4.42. The summed E-state index contributed by atoms with van der Waals surface area (Å²) in [7, 11) is 3.37. The van der Waals surface area contributed by atoms with Crippen molar-refractivity contribution in [3.05, 3.63) is 24.3 Å². The number of methoxy groups -OCH3 is 2. The van der Waals surface area contributed by atoms with Gasteiger partial charge >= 0.3 is 0 Å². The van der Waals surface area contributed by atoms with Crippen LogP contribution in [0.5, 0.6) is 0 Å². The number of ether oxygens (including phenoxy) is 2. The average molecular weight is 280 g/mol. The lowest BCUT2D eigenvalue weighted by atomic mass is 10.2. The van der Waals surface area contributed by atoms with Crippen LogP contribution in [0.15, 0.2) is 24.3 Å². The second-order valence-corrected chi connectivity index (χ2v) is 4.42. The third-order valence-electron chi connectivity index (χ3n) is 2.95. The van der Waals surface area contributed by atoms with E-state index in [1.807, 2.05) is 31.2 Å². The maximum absolute atomic E-state index is 11.4. The van der Waals surface area contributed by atoms with E-state index in [2.05, 4.69) is 10.2 Å². The molecule has 0 saturated carbocycles. The van der Waals surface area contributed by atoms with Crippen LogP contribution in [0, 0.1) is 0 Å². The second kappa shape index (κ2) is 9.34. The Morgan fingerprint density at radius 3 is 2.40 bits per heavy atom. The van der Waals surface area contributed by atoms with Gasteiger partial charge in [0.2, 0.25) is 5.91 Å². The molecule has 5 heteroatoms. The maximum Gasteiger partial charge on any atom is 0.224 e. The van der Waals surface area contributed by atoms with E-state index in [9.17, 15) is 4.79 Å². The largest absolute Gasteiger partial charge is 0.383 e. The van der Waals surface area contributed by atoms with E-state index in [1.165, 1.54) is 0 Å². The number of nitrogens with zero attached hydrogens (tertiary/aromatic N) is 1. The van der Waals surface area contributed by atoms with Crippen LogP contribution < -0.4 is 10.2 Å². The molecule has 1 aromatic rings. The van der Waals surface area contributed by atoms with E-state index in [4.69, 9.17) is 9.47 Å². The fourth-order valence-electron chi connectivity index (χ4n) is 1.80. The molecule has 0 aromatic heterocycles. The molecule has 0 heterocycles. The van der Waals surface area contributed by atoms with Gasteiger partial charge in [0.25, 0.3) is 0 Å². The lowest BCUT2D eigenvalue weighted by Crippen LogP contribution is -2.30. The zero-order valence-corrected chi connectivity index (χ0v) is 12.5. The van der Waals surface area contributed by atoms with Crippen LogP contribution in [0.1, 0.15) is 13.3 Å². The first-order valence-electron chi connectivity index (χ1n) is 6.84. The first kappa shape index (κ1) is 16.5. The van der Waals surface area contributed by atoms with E-state index >= 15 is 0 Å². The monoisotopic (exact) mass is 280 g/mol. The molecule has 0 aliphatic rings. The van der Waals surface area contributed by atoms with Crippen LogP contribution in [-0.2, 0) is 14.3 Å². The summed E-state index contributed by atoms with van der Waals surface area (Å²) >= 11 is 0. The van der Waals surface area contributed by atoms with Gasteiger partial charge in [-0.15, -0.1) is 0 Å². The van der Waals surface area contributed by atoms with Crippen molar-refractivity contribution in [3.8, 4) is 0 Å². The highest BCUT2D eigenvalue weighted by Crippen LogP contribution is 2.19. The maximum atomic E-state index is 11.4. The predicted octanol–water partition coefficient (Wildman–Crippen LogP) is 2.13. The molecule has 0 fully saturated rings. The lowest BCUT2D eigenvalue weighted by molar-refractivity contribution is -0.115. The molecule has 1 rings (SSSR count). The Morgan fingerprint density at radius 1 is 1.20 bits per heavy atom. The molecular formula is C15H24N2O3. The van der Waals surface area contributed by atoms with E-state index in [0.29, 0.717) is 19.6 Å². The van der Waals surface area contributed by atoms with E-state index < -0.39 is 0 Å². The van der Waals surface area contributed by atoms with Crippen LogP contribution in [0.2, 0.25) is 0 Å². The minimum atomic E-state index is 0.0162. The molecule has 5 nitrogen and oxygen atoms in total. The van der Waals surface area contributed by atoms with Crippen molar-refractivity contribution in [2.45, 2.75) is 13.3 Å². The lowest BCUT2D eigenvalue weighted by Gasteiger charge is -2.24. The van der Waals surface area contributed by atoms with Crippen LogP contribution in [0.4, 0.5) is 11.4 Å². The smallest absolute Gasteiger partial charge is 0.224 e. The SMILES string of the molecule is CCC(=O)Nc1cccc(N(CCOC)CCOC)c1. The first-order valence-corrected chi connectivity index (χ1v) is 6.84. The van der Waals surface area contributed by atoms with Gasteiger partial charge in [-0.2, -0.15) is 0 Å². The third kappa shape index (κ3) is 5.59. The summed E-state index contributed by atoms with van der Waals surface area (Å²) in [5, 5.41) is 2.87. The number of anilines is 2. The number of amides is 1. The van der Waals surface area contributed by atoms with E-state index in [-0.39, 0.29) is 5.91 Å². The fourth-order valence-corrected chi connectivity index (χ4v) is 1.80. The van der Waals surface area contributed by atoms with Crippen molar-refractivity contribution in [1.82, 2.24) is 0 Å². The summed E-state index contributed by atoms with van der Waals surface area (Å²) < 4.78 is 10.3. The number of nitrogens with one attached hydrogen (secondary N) is 1. The van der Waals surface area contributed by atoms with Crippen LogP contribution in [0.25, 0.3) is 0 Å². The zero-order chi connectivity index (χ0) is 14.8. The number of benzene rings is 1. The van der Waals surface area contributed by atoms with E-state index in [1.54, 1.807) is 14.2 Å². The topological polar surface area (TPSA) is 50.8 Å². The molecule has 0 aliphatic carbocycles. The Morgan fingerprint density at radius 2 is 1.85 bits per heavy atom. The molecule has 0 spiro atoms. The molecule has 1 N–H and O–H groups in total. The Kier molecular flexibility index (Phi) is 7.69. The molecule has 1 amide bonds. The highest BCUT2D eigenvalue weighted by atomic mass is 16.5. The van der Waals surface area contributed by atoms with Gasteiger partial charge in [-0.05, 0) is 18.2 Å². The Hall–Kier alpha value is -1.59. The zero-order valence-electron chi connectivity index (χ0n) is 12.5. The molecule has 20 heavy (non-hydrogen) atoms. The van der Waals surface area contributed by atoms with Gasteiger partial charge in [-0.3, -0.25) is 4.79 Å². The summed E-state index contributed by atoms with van der Waals surface area (Å²) in [5.41, 5.74) is 1.86. The number of rotatable bonds is 9. The van der Waals surface area contributed by atoms with Crippen molar-refractivity contribution >= 4 is 17.3 Å². The Bertz CT molecular complexity index is 402. The van der Waals surface area contributed by atoms with Gasteiger partial charge < -0.3 is 19.7 Å². The van der Waals surface area contributed by atoms with Crippen molar-refractivity contribution < 1.29 is 14.3 Å². The van der Waals surface area contributed by atoms with E-state index in [0.717, 1.165) is 24.5 Å². The number of carbonyl (C=O) groups is 1. The normalized spacial score (nSPS) is 10.3. The average Bonchev–Trinajstić information content (AvgIpc) is 2.47. The quantitative estimate of drug-likeness (QED) is 0.753. The molecule has 0 atom stereocenters. The van der Waals surface area contributed by atoms with Crippen molar-refractivity contribution in [3.63, 3.8) is 0 Å².